The van der Waals surface area contributed by atoms with Crippen molar-refractivity contribution in [3.05, 3.63) is 53.2 Å². The van der Waals surface area contributed by atoms with Crippen molar-refractivity contribution in [1.82, 2.24) is 5.32 Å². The fourth-order valence-electron chi connectivity index (χ4n) is 1.34. The molecule has 2 amide bonds. The molecule has 94 valence electrons. The van der Waals surface area contributed by atoms with Crippen molar-refractivity contribution in [2.75, 3.05) is 5.32 Å². The number of amides is 2. The Hall–Kier alpha value is -2.01. The molecule has 0 saturated carbocycles. The van der Waals surface area contributed by atoms with Crippen LogP contribution in [0.3, 0.4) is 0 Å². The number of furan rings is 1. The third-order valence-corrected chi connectivity index (χ3v) is 2.44. The lowest BCUT2D eigenvalue weighted by Crippen LogP contribution is -2.28. The fourth-order valence-corrected chi connectivity index (χ4v) is 1.51. The quantitative estimate of drug-likeness (QED) is 0.896. The van der Waals surface area contributed by atoms with E-state index in [0.717, 1.165) is 5.56 Å². The van der Waals surface area contributed by atoms with Gasteiger partial charge in [0, 0.05) is 17.1 Å². The Kier molecular flexibility index (Phi) is 3.84. The largest absolute Gasteiger partial charge is 0.472 e. The third-order valence-electron chi connectivity index (χ3n) is 2.21. The SMILES string of the molecule is O=C(NCc1ccoc1)Nc1cc(Cl)ccc1F. The molecule has 0 atom stereocenters. The van der Waals surface area contributed by atoms with Gasteiger partial charge in [0.15, 0.2) is 0 Å². The lowest BCUT2D eigenvalue weighted by Gasteiger charge is -2.07. The number of halogens is 2. The number of carbonyl (C=O) groups is 1. The van der Waals surface area contributed by atoms with E-state index in [-0.39, 0.29) is 5.69 Å². The zero-order valence-electron chi connectivity index (χ0n) is 9.24. The number of urea groups is 1. The summed E-state index contributed by atoms with van der Waals surface area (Å²) in [5, 5.41) is 5.28. The molecule has 0 aliphatic rings. The number of carbonyl (C=O) groups excluding carboxylic acids is 1. The molecular weight excluding hydrogens is 259 g/mol. The molecule has 0 saturated heterocycles. The summed E-state index contributed by atoms with van der Waals surface area (Å²) in [6.07, 6.45) is 3.02. The van der Waals surface area contributed by atoms with Gasteiger partial charge >= 0.3 is 6.03 Å². The summed E-state index contributed by atoms with van der Waals surface area (Å²) in [5.74, 6) is -0.544. The molecule has 2 rings (SSSR count). The van der Waals surface area contributed by atoms with Gasteiger partial charge in [-0.1, -0.05) is 11.6 Å². The molecule has 0 radical (unpaired) electrons. The topological polar surface area (TPSA) is 54.3 Å². The number of benzene rings is 1. The van der Waals surface area contributed by atoms with E-state index >= 15 is 0 Å². The van der Waals surface area contributed by atoms with Crippen LogP contribution in [-0.2, 0) is 6.54 Å². The minimum absolute atomic E-state index is 0.0344. The first kappa shape index (κ1) is 12.4. The van der Waals surface area contributed by atoms with Crippen LogP contribution in [-0.4, -0.2) is 6.03 Å². The van der Waals surface area contributed by atoms with E-state index in [9.17, 15) is 9.18 Å². The molecule has 0 unspecified atom stereocenters. The molecule has 18 heavy (non-hydrogen) atoms. The zero-order valence-corrected chi connectivity index (χ0v) is 10.00. The van der Waals surface area contributed by atoms with Gasteiger partial charge in [-0.3, -0.25) is 0 Å². The van der Waals surface area contributed by atoms with Crippen LogP contribution in [0.5, 0.6) is 0 Å². The maximum Gasteiger partial charge on any atom is 0.319 e. The second-order valence-electron chi connectivity index (χ2n) is 3.56. The van der Waals surface area contributed by atoms with Gasteiger partial charge in [-0.25, -0.2) is 9.18 Å². The van der Waals surface area contributed by atoms with Crippen LogP contribution in [0.2, 0.25) is 5.02 Å². The van der Waals surface area contributed by atoms with Crippen molar-refractivity contribution in [1.29, 1.82) is 0 Å². The molecule has 2 aromatic rings. The first-order valence-corrected chi connectivity index (χ1v) is 5.54. The average Bonchev–Trinajstić information content (AvgIpc) is 2.84. The molecule has 1 aromatic carbocycles. The molecule has 6 heteroatoms. The first-order chi connectivity index (χ1) is 8.65. The molecule has 0 spiro atoms. The van der Waals surface area contributed by atoms with Crippen LogP contribution < -0.4 is 10.6 Å². The predicted molar refractivity (Wildman–Crippen MR) is 66.0 cm³/mol. The minimum Gasteiger partial charge on any atom is -0.472 e. The number of anilines is 1. The van der Waals surface area contributed by atoms with Crippen molar-refractivity contribution in [2.45, 2.75) is 6.54 Å². The lowest BCUT2D eigenvalue weighted by atomic mass is 10.3. The van der Waals surface area contributed by atoms with Gasteiger partial charge in [-0.05, 0) is 24.3 Å². The predicted octanol–water partition coefficient (Wildman–Crippen LogP) is 3.39. The van der Waals surface area contributed by atoms with Crippen molar-refractivity contribution >= 4 is 23.3 Å². The summed E-state index contributed by atoms with van der Waals surface area (Å²) in [4.78, 5) is 11.5. The Balaban J connectivity index is 1.92. The lowest BCUT2D eigenvalue weighted by molar-refractivity contribution is 0.251. The molecule has 2 N–H and O–H groups in total. The van der Waals surface area contributed by atoms with Crippen LogP contribution in [0.25, 0.3) is 0 Å². The van der Waals surface area contributed by atoms with Crippen LogP contribution in [0.15, 0.2) is 41.2 Å². The van der Waals surface area contributed by atoms with E-state index in [2.05, 4.69) is 10.6 Å². The number of rotatable bonds is 3. The maximum absolute atomic E-state index is 13.3. The Bertz CT molecular complexity index is 543. The highest BCUT2D eigenvalue weighted by Crippen LogP contribution is 2.19. The standard InChI is InChI=1S/C12H10ClFN2O2/c13-9-1-2-10(14)11(5-9)16-12(17)15-6-8-3-4-18-7-8/h1-5,7H,6H2,(H2,15,16,17). The highest BCUT2D eigenvalue weighted by Gasteiger charge is 2.07. The molecular formula is C12H10ClFN2O2. The van der Waals surface area contributed by atoms with Crippen molar-refractivity contribution in [3.8, 4) is 0 Å². The Morgan fingerprint density at radius 1 is 1.39 bits per heavy atom. The van der Waals surface area contributed by atoms with E-state index < -0.39 is 11.8 Å². The highest BCUT2D eigenvalue weighted by molar-refractivity contribution is 6.30. The second kappa shape index (κ2) is 5.55. The maximum atomic E-state index is 13.3. The molecule has 0 aliphatic heterocycles. The van der Waals surface area contributed by atoms with E-state index in [0.29, 0.717) is 11.6 Å². The molecule has 1 heterocycles. The minimum atomic E-state index is -0.544. The average molecular weight is 269 g/mol. The van der Waals surface area contributed by atoms with Gasteiger partial charge in [-0.2, -0.15) is 0 Å². The summed E-state index contributed by atoms with van der Waals surface area (Å²) in [5.41, 5.74) is 0.851. The van der Waals surface area contributed by atoms with Gasteiger partial charge < -0.3 is 15.1 Å². The normalized spacial score (nSPS) is 10.1. The smallest absolute Gasteiger partial charge is 0.319 e. The summed E-state index contributed by atoms with van der Waals surface area (Å²) < 4.78 is 18.2. The molecule has 4 nitrogen and oxygen atoms in total. The highest BCUT2D eigenvalue weighted by atomic mass is 35.5. The summed E-state index contributed by atoms with van der Waals surface area (Å²) in [6, 6.07) is 5.14. The monoisotopic (exact) mass is 268 g/mol. The number of nitrogens with one attached hydrogen (secondary N) is 2. The summed E-state index contributed by atoms with van der Waals surface area (Å²) in [7, 11) is 0. The molecule has 0 aliphatic carbocycles. The number of hydrogen-bond donors (Lipinski definition) is 2. The van der Waals surface area contributed by atoms with Gasteiger partial charge in [0.1, 0.15) is 5.82 Å². The molecule has 0 bridgehead atoms. The van der Waals surface area contributed by atoms with E-state index in [1.165, 1.54) is 30.7 Å². The first-order valence-electron chi connectivity index (χ1n) is 5.16. The van der Waals surface area contributed by atoms with Crippen LogP contribution in [0, 0.1) is 5.82 Å². The van der Waals surface area contributed by atoms with Crippen molar-refractivity contribution in [2.24, 2.45) is 0 Å². The van der Waals surface area contributed by atoms with Crippen LogP contribution in [0.1, 0.15) is 5.56 Å². The van der Waals surface area contributed by atoms with Gasteiger partial charge in [0.25, 0.3) is 0 Å². The Morgan fingerprint density at radius 3 is 2.94 bits per heavy atom. The molecule has 0 fully saturated rings. The van der Waals surface area contributed by atoms with Crippen LogP contribution in [0.4, 0.5) is 14.9 Å². The van der Waals surface area contributed by atoms with E-state index in [4.69, 9.17) is 16.0 Å². The summed E-state index contributed by atoms with van der Waals surface area (Å²) in [6.45, 7) is 0.296. The van der Waals surface area contributed by atoms with Crippen molar-refractivity contribution in [3.63, 3.8) is 0 Å². The zero-order chi connectivity index (χ0) is 13.0. The van der Waals surface area contributed by atoms with Gasteiger partial charge in [-0.15, -0.1) is 0 Å². The van der Waals surface area contributed by atoms with E-state index in [1.807, 2.05) is 0 Å². The van der Waals surface area contributed by atoms with E-state index in [1.54, 1.807) is 6.07 Å². The Labute approximate surface area is 108 Å². The van der Waals surface area contributed by atoms with Crippen molar-refractivity contribution < 1.29 is 13.6 Å². The van der Waals surface area contributed by atoms with Gasteiger partial charge in [0.2, 0.25) is 0 Å². The van der Waals surface area contributed by atoms with Crippen LogP contribution >= 0.6 is 11.6 Å². The van der Waals surface area contributed by atoms with Gasteiger partial charge in [0.05, 0.1) is 18.2 Å². The fraction of sp³-hybridized carbons (Fsp3) is 0.0833. The third kappa shape index (κ3) is 3.24. The number of hydrogen-bond acceptors (Lipinski definition) is 2. The second-order valence-corrected chi connectivity index (χ2v) is 4.00. The summed E-state index contributed by atoms with van der Waals surface area (Å²) >= 11 is 5.71. The molecule has 1 aromatic heterocycles. The Morgan fingerprint density at radius 2 is 2.22 bits per heavy atom.